The second kappa shape index (κ2) is 11.1. The third-order valence-corrected chi connectivity index (χ3v) is 6.17. The Balaban J connectivity index is 1.68. The molecule has 3 aromatic rings. The number of hydrogen-bond donors (Lipinski definition) is 2. The fourth-order valence-electron chi connectivity index (χ4n) is 3.13. The van der Waals surface area contributed by atoms with Crippen molar-refractivity contribution in [3.8, 4) is 10.6 Å². The van der Waals surface area contributed by atoms with Crippen LogP contribution in [0.25, 0.3) is 10.6 Å². The first-order valence-electron chi connectivity index (χ1n) is 10.2. The number of carbonyl (C=O) groups is 2. The van der Waals surface area contributed by atoms with Crippen molar-refractivity contribution >= 4 is 46.4 Å². The Labute approximate surface area is 205 Å². The van der Waals surface area contributed by atoms with E-state index < -0.39 is 12.1 Å². The van der Waals surface area contributed by atoms with Crippen molar-refractivity contribution in [3.05, 3.63) is 68.4 Å². The van der Waals surface area contributed by atoms with E-state index in [2.05, 4.69) is 15.3 Å². The van der Waals surface area contributed by atoms with Gasteiger partial charge in [-0.3, -0.25) is 9.78 Å². The summed E-state index contributed by atoms with van der Waals surface area (Å²) in [7, 11) is 0. The van der Waals surface area contributed by atoms with Gasteiger partial charge in [0.2, 0.25) is 0 Å². The number of hydrogen-bond acceptors (Lipinski definition) is 6. The molecule has 3 rings (SSSR count). The Morgan fingerprint density at radius 3 is 2.64 bits per heavy atom. The van der Waals surface area contributed by atoms with E-state index in [0.29, 0.717) is 32.0 Å². The molecule has 2 heterocycles. The van der Waals surface area contributed by atoms with Crippen LogP contribution in [0.5, 0.6) is 0 Å². The van der Waals surface area contributed by atoms with E-state index in [1.54, 1.807) is 50.4 Å². The zero-order valence-electron chi connectivity index (χ0n) is 18.3. The van der Waals surface area contributed by atoms with Crippen LogP contribution >= 0.6 is 34.5 Å². The Morgan fingerprint density at radius 1 is 1.21 bits per heavy atom. The SMILES string of the molecule is Cc1sc(-c2ccc(Cl)cc2Cl)nc1C(=O)NCc1cc(CC(OC(C)C)C(=O)O)ccn1. The maximum Gasteiger partial charge on any atom is 0.333 e. The van der Waals surface area contributed by atoms with Crippen molar-refractivity contribution in [1.29, 1.82) is 0 Å². The van der Waals surface area contributed by atoms with E-state index in [4.69, 9.17) is 27.9 Å². The molecule has 0 spiro atoms. The van der Waals surface area contributed by atoms with Gasteiger partial charge in [0.25, 0.3) is 5.91 Å². The number of halogens is 2. The molecule has 33 heavy (non-hydrogen) atoms. The largest absolute Gasteiger partial charge is 0.479 e. The van der Waals surface area contributed by atoms with Gasteiger partial charge in [-0.15, -0.1) is 11.3 Å². The zero-order chi connectivity index (χ0) is 24.1. The number of carboxylic acids is 1. The van der Waals surface area contributed by atoms with Crippen LogP contribution in [0, 0.1) is 6.92 Å². The molecule has 174 valence electrons. The number of carboxylic acid groups (broad SMARTS) is 1. The quantitative estimate of drug-likeness (QED) is 0.414. The molecule has 1 aromatic carbocycles. The molecule has 0 radical (unpaired) electrons. The molecule has 2 aromatic heterocycles. The maximum absolute atomic E-state index is 12.7. The summed E-state index contributed by atoms with van der Waals surface area (Å²) in [6.45, 7) is 5.56. The molecule has 7 nitrogen and oxygen atoms in total. The molecular formula is C23H23Cl2N3O4S. The predicted molar refractivity (Wildman–Crippen MR) is 129 cm³/mol. The van der Waals surface area contributed by atoms with E-state index in [0.717, 1.165) is 10.4 Å². The summed E-state index contributed by atoms with van der Waals surface area (Å²) in [5.74, 6) is -1.36. The minimum atomic E-state index is -1.02. The van der Waals surface area contributed by atoms with Gasteiger partial charge in [0.15, 0.2) is 6.10 Å². The van der Waals surface area contributed by atoms with Gasteiger partial charge in [-0.1, -0.05) is 23.2 Å². The lowest BCUT2D eigenvalue weighted by molar-refractivity contribution is -0.153. The van der Waals surface area contributed by atoms with Gasteiger partial charge in [0.1, 0.15) is 10.7 Å². The van der Waals surface area contributed by atoms with Crippen molar-refractivity contribution in [2.45, 2.75) is 45.9 Å². The first-order chi connectivity index (χ1) is 15.6. The molecule has 0 aliphatic heterocycles. The highest BCUT2D eigenvalue weighted by Gasteiger charge is 2.21. The molecule has 1 atom stereocenters. The minimum Gasteiger partial charge on any atom is -0.479 e. The molecule has 0 saturated carbocycles. The van der Waals surface area contributed by atoms with Crippen LogP contribution in [0.3, 0.4) is 0 Å². The van der Waals surface area contributed by atoms with E-state index in [9.17, 15) is 14.7 Å². The summed E-state index contributed by atoms with van der Waals surface area (Å²) < 4.78 is 5.46. The molecule has 0 bridgehead atoms. The van der Waals surface area contributed by atoms with Gasteiger partial charge in [0.05, 0.1) is 23.4 Å². The summed E-state index contributed by atoms with van der Waals surface area (Å²) in [5, 5.41) is 13.8. The Hall–Kier alpha value is -2.52. The average Bonchev–Trinajstić information content (AvgIpc) is 3.12. The van der Waals surface area contributed by atoms with Crippen LogP contribution < -0.4 is 5.32 Å². The first-order valence-corrected chi connectivity index (χ1v) is 11.7. The van der Waals surface area contributed by atoms with Crippen LogP contribution in [0.4, 0.5) is 0 Å². The van der Waals surface area contributed by atoms with E-state index in [1.165, 1.54) is 11.3 Å². The molecule has 10 heteroatoms. The van der Waals surface area contributed by atoms with Crippen molar-refractivity contribution in [2.75, 3.05) is 0 Å². The number of benzene rings is 1. The van der Waals surface area contributed by atoms with E-state index in [1.807, 2.05) is 6.92 Å². The van der Waals surface area contributed by atoms with E-state index in [-0.39, 0.29) is 25.0 Å². The molecule has 0 aliphatic carbocycles. The number of pyridine rings is 1. The monoisotopic (exact) mass is 507 g/mol. The zero-order valence-corrected chi connectivity index (χ0v) is 20.6. The number of thiazole rings is 1. The highest BCUT2D eigenvalue weighted by atomic mass is 35.5. The third-order valence-electron chi connectivity index (χ3n) is 4.62. The number of aryl methyl sites for hydroxylation is 1. The highest BCUT2D eigenvalue weighted by molar-refractivity contribution is 7.15. The fraction of sp³-hybridized carbons (Fsp3) is 0.304. The molecule has 0 fully saturated rings. The van der Waals surface area contributed by atoms with Crippen molar-refractivity contribution in [3.63, 3.8) is 0 Å². The predicted octanol–water partition coefficient (Wildman–Crippen LogP) is 5.17. The number of carbonyl (C=O) groups excluding carboxylic acids is 1. The van der Waals surface area contributed by atoms with Crippen molar-refractivity contribution < 1.29 is 19.4 Å². The molecule has 2 N–H and O–H groups in total. The van der Waals surface area contributed by atoms with Crippen LogP contribution in [-0.4, -0.2) is 39.2 Å². The summed E-state index contributed by atoms with van der Waals surface area (Å²) >= 11 is 13.6. The van der Waals surface area contributed by atoms with Gasteiger partial charge >= 0.3 is 5.97 Å². The van der Waals surface area contributed by atoms with Crippen LogP contribution in [0.15, 0.2) is 36.5 Å². The molecule has 0 aliphatic rings. The smallest absolute Gasteiger partial charge is 0.333 e. The number of amides is 1. The first kappa shape index (κ1) is 25.1. The van der Waals surface area contributed by atoms with Crippen LogP contribution in [0.2, 0.25) is 10.0 Å². The highest BCUT2D eigenvalue weighted by Crippen LogP contribution is 2.34. The van der Waals surface area contributed by atoms with Gasteiger partial charge < -0.3 is 15.2 Å². The van der Waals surface area contributed by atoms with Crippen LogP contribution in [-0.2, 0) is 22.5 Å². The number of aromatic nitrogens is 2. The van der Waals surface area contributed by atoms with Gasteiger partial charge in [-0.05, 0) is 56.7 Å². The topological polar surface area (TPSA) is 101 Å². The summed E-state index contributed by atoms with van der Waals surface area (Å²) in [4.78, 5) is 33.7. The normalized spacial score (nSPS) is 12.1. The van der Waals surface area contributed by atoms with E-state index >= 15 is 0 Å². The minimum absolute atomic E-state index is 0.170. The number of rotatable bonds is 9. The molecule has 1 amide bonds. The average molecular weight is 508 g/mol. The lowest BCUT2D eigenvalue weighted by Gasteiger charge is -2.16. The second-order valence-electron chi connectivity index (χ2n) is 7.60. The number of nitrogens with zero attached hydrogens (tertiary/aromatic N) is 2. The van der Waals surface area contributed by atoms with Gasteiger partial charge in [-0.25, -0.2) is 9.78 Å². The number of aliphatic carboxylic acids is 1. The van der Waals surface area contributed by atoms with Crippen molar-refractivity contribution in [2.24, 2.45) is 0 Å². The molecular weight excluding hydrogens is 485 g/mol. The lowest BCUT2D eigenvalue weighted by atomic mass is 10.1. The fourth-order valence-corrected chi connectivity index (χ4v) is 4.63. The third kappa shape index (κ3) is 6.74. The Morgan fingerprint density at radius 2 is 1.97 bits per heavy atom. The number of ether oxygens (including phenoxy) is 1. The van der Waals surface area contributed by atoms with Crippen molar-refractivity contribution in [1.82, 2.24) is 15.3 Å². The summed E-state index contributed by atoms with van der Waals surface area (Å²) in [5.41, 5.74) is 2.38. The molecule has 1 unspecified atom stereocenters. The lowest BCUT2D eigenvalue weighted by Crippen LogP contribution is -2.29. The van der Waals surface area contributed by atoms with Crippen LogP contribution in [0.1, 0.15) is 40.5 Å². The molecule has 0 saturated heterocycles. The Bertz CT molecular complexity index is 1170. The maximum atomic E-state index is 12.7. The van der Waals surface area contributed by atoms with Gasteiger partial charge in [-0.2, -0.15) is 0 Å². The summed E-state index contributed by atoms with van der Waals surface area (Å²) in [6, 6.07) is 8.62. The number of nitrogens with one attached hydrogen (secondary N) is 1. The second-order valence-corrected chi connectivity index (χ2v) is 9.65. The standard InChI is InChI=1S/C23H23Cl2N3O4S/c1-12(2)32-19(23(30)31)9-14-6-7-26-16(8-14)11-27-21(29)20-13(3)33-22(28-20)17-5-4-15(24)10-18(17)25/h4-8,10,12,19H,9,11H2,1-3H3,(H,27,29)(H,30,31). The van der Waals surface area contributed by atoms with Gasteiger partial charge in [0, 0.05) is 28.1 Å². The summed E-state index contributed by atoms with van der Waals surface area (Å²) in [6.07, 6.45) is 0.624. The Kier molecular flexibility index (Phi) is 8.42.